The molecule has 4 rings (SSSR count). The first-order chi connectivity index (χ1) is 18.8. The zero-order chi connectivity index (χ0) is 28.1. The molecule has 3 heterocycles. The van der Waals surface area contributed by atoms with Gasteiger partial charge in [0.1, 0.15) is 16.9 Å². The van der Waals surface area contributed by atoms with E-state index in [0.717, 1.165) is 0 Å². The van der Waals surface area contributed by atoms with Gasteiger partial charge in [0.2, 0.25) is 0 Å². The number of pyridine rings is 2. The highest BCUT2D eigenvalue weighted by Gasteiger charge is 2.22. The minimum Gasteiger partial charge on any atom is -0.462 e. The van der Waals surface area contributed by atoms with Crippen LogP contribution in [-0.4, -0.2) is 50.6 Å². The summed E-state index contributed by atoms with van der Waals surface area (Å²) in [5, 5.41) is 11.6. The molecule has 202 valence electrons. The number of fused-ring (bicyclic) bond motifs is 2. The van der Waals surface area contributed by atoms with Gasteiger partial charge in [0.05, 0.1) is 22.5 Å². The van der Waals surface area contributed by atoms with Gasteiger partial charge in [-0.15, -0.1) is 0 Å². The zero-order valence-corrected chi connectivity index (χ0v) is 21.7. The highest BCUT2D eigenvalue weighted by Crippen LogP contribution is 2.22. The first-order valence-corrected chi connectivity index (χ1v) is 12.4. The molecule has 1 aromatic carbocycles. The Morgan fingerprint density at radius 3 is 2.62 bits per heavy atom. The van der Waals surface area contributed by atoms with Crippen molar-refractivity contribution in [2.75, 3.05) is 19.8 Å². The Morgan fingerprint density at radius 2 is 1.90 bits per heavy atom. The van der Waals surface area contributed by atoms with Crippen LogP contribution in [0.15, 0.2) is 58.4 Å². The lowest BCUT2D eigenvalue weighted by atomic mass is 10.1. The highest BCUT2D eigenvalue weighted by molar-refractivity contribution is 5.98. The summed E-state index contributed by atoms with van der Waals surface area (Å²) in [6, 6.07) is 10.5. The van der Waals surface area contributed by atoms with Crippen molar-refractivity contribution in [2.24, 2.45) is 4.99 Å². The number of carbonyl (C=O) groups excluding carboxylic acids is 2. The van der Waals surface area contributed by atoms with Gasteiger partial charge in [-0.1, -0.05) is 12.1 Å². The molecule has 1 amide bonds. The number of nitro groups is 1. The molecule has 0 aliphatic heterocycles. The number of esters is 1. The number of hydrogen-bond acceptors (Lipinski definition) is 8. The third kappa shape index (κ3) is 5.46. The third-order valence-corrected chi connectivity index (χ3v) is 6.10. The number of hydrogen-bond donors (Lipinski definition) is 0. The van der Waals surface area contributed by atoms with Gasteiger partial charge < -0.3 is 14.0 Å². The molecule has 0 saturated heterocycles. The Labute approximate surface area is 222 Å². The molecule has 39 heavy (non-hydrogen) atoms. The normalized spacial score (nSPS) is 11.7. The summed E-state index contributed by atoms with van der Waals surface area (Å²) in [7, 11) is 0. The molecular formula is C27H27N5O7. The molecule has 0 radical (unpaired) electrons. The fourth-order valence-electron chi connectivity index (χ4n) is 4.25. The van der Waals surface area contributed by atoms with Crippen LogP contribution in [0.2, 0.25) is 0 Å². The van der Waals surface area contributed by atoms with Gasteiger partial charge in [0.15, 0.2) is 5.49 Å². The molecule has 12 heteroatoms. The second-order valence-corrected chi connectivity index (χ2v) is 8.51. The van der Waals surface area contributed by atoms with Crippen molar-refractivity contribution in [3.8, 4) is 0 Å². The number of amides is 1. The van der Waals surface area contributed by atoms with E-state index < -0.39 is 22.4 Å². The molecule has 0 N–H and O–H groups in total. The quantitative estimate of drug-likeness (QED) is 0.105. The average molecular weight is 534 g/mol. The third-order valence-electron chi connectivity index (χ3n) is 6.10. The summed E-state index contributed by atoms with van der Waals surface area (Å²) in [5.41, 5.74) is -0.0839. The summed E-state index contributed by atoms with van der Waals surface area (Å²) in [4.78, 5) is 59.7. The first kappa shape index (κ1) is 27.3. The first-order valence-electron chi connectivity index (χ1n) is 12.4. The Morgan fingerprint density at radius 1 is 1.10 bits per heavy atom. The van der Waals surface area contributed by atoms with E-state index in [1.807, 2.05) is 6.92 Å². The number of nitrogens with zero attached hydrogens (tertiary/aromatic N) is 5. The topological polar surface area (TPSA) is 147 Å². The number of aryl methyl sites for hydroxylation is 1. The molecule has 0 atom stereocenters. The maximum atomic E-state index is 13.4. The standard InChI is InChI=1S/C27H27N5O7/c1-4-38-15-9-14-31-23-19(26(34)30-13-7-6-12-22(30)28-23)16-20(27(35)39-5-2)24(31)29-25(33)18-10-8-11-21(17(18)3)32(36)37/h6-8,10-13,16H,4-5,9,14-15H2,1-3H3. The van der Waals surface area contributed by atoms with Gasteiger partial charge in [-0.2, -0.15) is 4.99 Å². The van der Waals surface area contributed by atoms with Crippen molar-refractivity contribution in [3.05, 3.63) is 91.3 Å². The van der Waals surface area contributed by atoms with Gasteiger partial charge in [-0.05, 0) is 51.5 Å². The molecule has 0 saturated carbocycles. The second-order valence-electron chi connectivity index (χ2n) is 8.51. The molecule has 12 nitrogen and oxygen atoms in total. The van der Waals surface area contributed by atoms with Crippen LogP contribution < -0.4 is 11.0 Å². The molecule has 3 aromatic heterocycles. The fourth-order valence-corrected chi connectivity index (χ4v) is 4.25. The summed E-state index contributed by atoms with van der Waals surface area (Å²) in [6.07, 6.45) is 2.03. The van der Waals surface area contributed by atoms with Crippen molar-refractivity contribution in [1.29, 1.82) is 0 Å². The van der Waals surface area contributed by atoms with Crippen LogP contribution in [-0.2, 0) is 16.0 Å². The summed E-state index contributed by atoms with van der Waals surface area (Å²) >= 11 is 0. The maximum absolute atomic E-state index is 13.4. The van der Waals surface area contributed by atoms with Crippen molar-refractivity contribution < 1.29 is 24.0 Å². The Bertz CT molecular complexity index is 1720. The van der Waals surface area contributed by atoms with E-state index in [-0.39, 0.29) is 52.1 Å². The molecule has 0 unspecified atom stereocenters. The highest BCUT2D eigenvalue weighted by atomic mass is 16.6. The minimum absolute atomic E-state index is 0.00603. The Kier molecular flexibility index (Phi) is 8.25. The summed E-state index contributed by atoms with van der Waals surface area (Å²) in [5.74, 6) is -1.57. The molecular weight excluding hydrogens is 506 g/mol. The van der Waals surface area contributed by atoms with E-state index in [1.165, 1.54) is 40.2 Å². The predicted molar refractivity (Wildman–Crippen MR) is 142 cm³/mol. The van der Waals surface area contributed by atoms with Crippen LogP contribution >= 0.6 is 0 Å². The van der Waals surface area contributed by atoms with Crippen molar-refractivity contribution in [1.82, 2.24) is 14.0 Å². The maximum Gasteiger partial charge on any atom is 0.341 e. The van der Waals surface area contributed by atoms with E-state index in [1.54, 1.807) is 31.3 Å². The lowest BCUT2D eigenvalue weighted by Crippen LogP contribution is -2.33. The van der Waals surface area contributed by atoms with Gasteiger partial charge in [-0.3, -0.25) is 24.1 Å². The number of nitro benzene ring substituents is 1. The zero-order valence-electron chi connectivity index (χ0n) is 21.7. The SMILES string of the molecule is CCOCCCn1c(=NC(=O)c2cccc([N+](=O)[O-])c2C)c(C(=O)OCC)cc2c(=O)n3ccccc3nc21. The van der Waals surface area contributed by atoms with Crippen LogP contribution in [0.3, 0.4) is 0 Å². The second kappa shape index (κ2) is 11.8. The van der Waals surface area contributed by atoms with Crippen LogP contribution in [0, 0.1) is 17.0 Å². The largest absolute Gasteiger partial charge is 0.462 e. The summed E-state index contributed by atoms with van der Waals surface area (Å²) in [6.45, 7) is 6.08. The van der Waals surface area contributed by atoms with E-state index in [9.17, 15) is 24.5 Å². The fraction of sp³-hybridized carbons (Fsp3) is 0.296. The van der Waals surface area contributed by atoms with Gasteiger partial charge >= 0.3 is 5.97 Å². The molecule has 0 fully saturated rings. The van der Waals surface area contributed by atoms with E-state index in [0.29, 0.717) is 25.3 Å². The Hall–Kier alpha value is -4.71. The number of aromatic nitrogens is 3. The summed E-state index contributed by atoms with van der Waals surface area (Å²) < 4.78 is 13.6. The van der Waals surface area contributed by atoms with Crippen LogP contribution in [0.25, 0.3) is 16.7 Å². The smallest absolute Gasteiger partial charge is 0.341 e. The van der Waals surface area contributed by atoms with Crippen LogP contribution in [0.1, 0.15) is 46.5 Å². The van der Waals surface area contributed by atoms with Crippen LogP contribution in [0.4, 0.5) is 5.69 Å². The van der Waals surface area contributed by atoms with E-state index >= 15 is 0 Å². The van der Waals surface area contributed by atoms with Gasteiger partial charge in [0, 0.05) is 37.6 Å². The lowest BCUT2D eigenvalue weighted by molar-refractivity contribution is -0.385. The number of ether oxygens (including phenoxy) is 2. The molecule has 0 aliphatic rings. The number of benzene rings is 1. The van der Waals surface area contributed by atoms with E-state index in [4.69, 9.17) is 9.47 Å². The minimum atomic E-state index is -0.794. The average Bonchev–Trinajstić information content (AvgIpc) is 2.92. The molecule has 0 spiro atoms. The number of carbonyl (C=O) groups is 2. The number of rotatable bonds is 9. The monoisotopic (exact) mass is 533 g/mol. The molecule has 0 aliphatic carbocycles. The Balaban J connectivity index is 2.07. The molecule has 4 aromatic rings. The van der Waals surface area contributed by atoms with Gasteiger partial charge in [0.25, 0.3) is 17.2 Å². The lowest BCUT2D eigenvalue weighted by Gasteiger charge is -2.15. The van der Waals surface area contributed by atoms with Crippen molar-refractivity contribution in [3.63, 3.8) is 0 Å². The van der Waals surface area contributed by atoms with Crippen molar-refractivity contribution in [2.45, 2.75) is 33.7 Å². The van der Waals surface area contributed by atoms with Crippen LogP contribution in [0.5, 0.6) is 0 Å². The van der Waals surface area contributed by atoms with E-state index in [2.05, 4.69) is 9.98 Å². The van der Waals surface area contributed by atoms with Crippen molar-refractivity contribution >= 4 is 34.2 Å². The van der Waals surface area contributed by atoms with Gasteiger partial charge in [-0.25, -0.2) is 9.78 Å². The molecule has 0 bridgehead atoms. The predicted octanol–water partition coefficient (Wildman–Crippen LogP) is 3.21.